The topological polar surface area (TPSA) is 55.1 Å². The Balaban J connectivity index is 3.65. The third-order valence-electron chi connectivity index (χ3n) is 3.20. The maximum atomic E-state index is 11.5. The summed E-state index contributed by atoms with van der Waals surface area (Å²) in [5.41, 5.74) is 6.03. The van der Waals surface area contributed by atoms with E-state index in [0.717, 1.165) is 32.1 Å². The SMILES string of the molecule is CCCCCC(=O)NCC(N)C(CC)CC. The Bertz CT molecular complexity index is 179. The molecule has 1 unspecified atom stereocenters. The van der Waals surface area contributed by atoms with Crippen LogP contribution in [0.5, 0.6) is 0 Å². The molecule has 1 amide bonds. The van der Waals surface area contributed by atoms with Crippen LogP contribution in [0.4, 0.5) is 0 Å². The van der Waals surface area contributed by atoms with Gasteiger partial charge in [-0.15, -0.1) is 0 Å². The number of carbonyl (C=O) groups is 1. The Morgan fingerprint density at radius 3 is 2.31 bits per heavy atom. The molecule has 0 aromatic rings. The monoisotopic (exact) mass is 228 g/mol. The van der Waals surface area contributed by atoms with Crippen LogP contribution in [0.3, 0.4) is 0 Å². The average Bonchev–Trinajstić information content (AvgIpc) is 2.28. The number of amides is 1. The second-order valence-electron chi connectivity index (χ2n) is 4.50. The summed E-state index contributed by atoms with van der Waals surface area (Å²) in [7, 11) is 0. The Morgan fingerprint density at radius 2 is 1.81 bits per heavy atom. The third kappa shape index (κ3) is 6.83. The summed E-state index contributed by atoms with van der Waals surface area (Å²) < 4.78 is 0. The molecule has 3 heteroatoms. The van der Waals surface area contributed by atoms with E-state index in [1.807, 2.05) is 0 Å². The van der Waals surface area contributed by atoms with Gasteiger partial charge in [-0.3, -0.25) is 4.79 Å². The lowest BCUT2D eigenvalue weighted by Gasteiger charge is -2.21. The summed E-state index contributed by atoms with van der Waals surface area (Å²) >= 11 is 0. The molecule has 0 aliphatic rings. The van der Waals surface area contributed by atoms with Gasteiger partial charge in [0.05, 0.1) is 0 Å². The van der Waals surface area contributed by atoms with E-state index in [4.69, 9.17) is 5.73 Å². The zero-order chi connectivity index (χ0) is 12.4. The van der Waals surface area contributed by atoms with Crippen molar-refractivity contribution in [1.82, 2.24) is 5.32 Å². The standard InChI is InChI=1S/C13H28N2O/c1-4-7-8-9-13(16)15-10-12(14)11(5-2)6-3/h11-12H,4-10,14H2,1-3H3,(H,15,16). The van der Waals surface area contributed by atoms with Gasteiger partial charge in [-0.2, -0.15) is 0 Å². The highest BCUT2D eigenvalue weighted by Gasteiger charge is 2.14. The van der Waals surface area contributed by atoms with Crippen LogP contribution in [0.25, 0.3) is 0 Å². The molecule has 0 spiro atoms. The number of carbonyl (C=O) groups excluding carboxylic acids is 1. The van der Waals surface area contributed by atoms with Crippen LogP contribution < -0.4 is 11.1 Å². The Morgan fingerprint density at radius 1 is 1.19 bits per heavy atom. The predicted octanol–water partition coefficient (Wildman–Crippen LogP) is 2.45. The van der Waals surface area contributed by atoms with E-state index >= 15 is 0 Å². The largest absolute Gasteiger partial charge is 0.355 e. The van der Waals surface area contributed by atoms with Gasteiger partial charge in [-0.25, -0.2) is 0 Å². The molecular weight excluding hydrogens is 200 g/mol. The number of hydrogen-bond donors (Lipinski definition) is 2. The Kier molecular flexibility index (Phi) is 9.30. The highest BCUT2D eigenvalue weighted by Crippen LogP contribution is 2.10. The first-order chi connectivity index (χ1) is 7.65. The van der Waals surface area contributed by atoms with Gasteiger partial charge in [0, 0.05) is 19.0 Å². The molecule has 3 N–H and O–H groups in total. The van der Waals surface area contributed by atoms with E-state index in [0.29, 0.717) is 18.9 Å². The lowest BCUT2D eigenvalue weighted by Crippen LogP contribution is -2.41. The van der Waals surface area contributed by atoms with Gasteiger partial charge >= 0.3 is 0 Å². The summed E-state index contributed by atoms with van der Waals surface area (Å²) in [5, 5.41) is 2.93. The van der Waals surface area contributed by atoms with Crippen molar-refractivity contribution in [3.05, 3.63) is 0 Å². The lowest BCUT2D eigenvalue weighted by molar-refractivity contribution is -0.121. The first-order valence-electron chi connectivity index (χ1n) is 6.67. The van der Waals surface area contributed by atoms with Crippen molar-refractivity contribution in [2.45, 2.75) is 65.3 Å². The zero-order valence-electron chi connectivity index (χ0n) is 11.1. The van der Waals surface area contributed by atoms with Crippen molar-refractivity contribution in [2.75, 3.05) is 6.54 Å². The highest BCUT2D eigenvalue weighted by molar-refractivity contribution is 5.75. The molecule has 16 heavy (non-hydrogen) atoms. The molecule has 0 aliphatic carbocycles. The fourth-order valence-corrected chi connectivity index (χ4v) is 1.92. The lowest BCUT2D eigenvalue weighted by atomic mass is 9.95. The van der Waals surface area contributed by atoms with Crippen LogP contribution in [0, 0.1) is 5.92 Å². The first kappa shape index (κ1) is 15.4. The van der Waals surface area contributed by atoms with Gasteiger partial charge in [-0.1, -0.05) is 46.5 Å². The first-order valence-corrected chi connectivity index (χ1v) is 6.67. The van der Waals surface area contributed by atoms with Crippen molar-refractivity contribution in [2.24, 2.45) is 11.7 Å². The second-order valence-corrected chi connectivity index (χ2v) is 4.50. The van der Waals surface area contributed by atoms with Gasteiger partial charge in [-0.05, 0) is 12.3 Å². The minimum atomic E-state index is 0.102. The molecule has 0 saturated heterocycles. The molecule has 1 atom stereocenters. The number of unbranched alkanes of at least 4 members (excludes halogenated alkanes) is 2. The zero-order valence-corrected chi connectivity index (χ0v) is 11.1. The molecule has 0 rings (SSSR count). The fraction of sp³-hybridized carbons (Fsp3) is 0.923. The molecule has 0 heterocycles. The second kappa shape index (κ2) is 9.64. The Labute approximate surface area is 100 Å². The molecule has 0 radical (unpaired) electrons. The number of nitrogens with one attached hydrogen (secondary N) is 1. The molecule has 0 saturated carbocycles. The minimum absolute atomic E-state index is 0.102. The van der Waals surface area contributed by atoms with Gasteiger partial charge in [0.15, 0.2) is 0 Å². The highest BCUT2D eigenvalue weighted by atomic mass is 16.1. The van der Waals surface area contributed by atoms with Crippen molar-refractivity contribution < 1.29 is 4.79 Å². The molecule has 0 bridgehead atoms. The summed E-state index contributed by atoms with van der Waals surface area (Å²) in [6, 6.07) is 0.102. The molecular formula is C13H28N2O. The molecule has 96 valence electrons. The van der Waals surface area contributed by atoms with Gasteiger partial charge in [0.1, 0.15) is 0 Å². The van der Waals surface area contributed by atoms with Gasteiger partial charge in [0.2, 0.25) is 5.91 Å². The van der Waals surface area contributed by atoms with E-state index in [1.165, 1.54) is 0 Å². The quantitative estimate of drug-likeness (QED) is 0.596. The number of rotatable bonds is 9. The molecule has 0 fully saturated rings. The summed E-state index contributed by atoms with van der Waals surface area (Å²) in [5.74, 6) is 0.672. The smallest absolute Gasteiger partial charge is 0.220 e. The van der Waals surface area contributed by atoms with E-state index < -0.39 is 0 Å². The summed E-state index contributed by atoms with van der Waals surface area (Å²) in [6.45, 7) is 7.06. The normalized spacial score (nSPS) is 12.8. The third-order valence-corrected chi connectivity index (χ3v) is 3.20. The number of hydrogen-bond acceptors (Lipinski definition) is 2. The molecule has 0 aromatic carbocycles. The maximum Gasteiger partial charge on any atom is 0.220 e. The van der Waals surface area contributed by atoms with E-state index in [-0.39, 0.29) is 11.9 Å². The summed E-state index contributed by atoms with van der Waals surface area (Å²) in [4.78, 5) is 11.5. The van der Waals surface area contributed by atoms with Crippen LogP contribution in [0.2, 0.25) is 0 Å². The molecule has 0 aliphatic heterocycles. The number of nitrogens with two attached hydrogens (primary N) is 1. The van der Waals surface area contributed by atoms with Crippen LogP contribution in [0.1, 0.15) is 59.3 Å². The van der Waals surface area contributed by atoms with Crippen LogP contribution in [-0.4, -0.2) is 18.5 Å². The molecule has 0 aromatic heterocycles. The summed E-state index contributed by atoms with van der Waals surface area (Å²) in [6.07, 6.45) is 6.09. The van der Waals surface area contributed by atoms with Crippen molar-refractivity contribution in [3.8, 4) is 0 Å². The fourth-order valence-electron chi connectivity index (χ4n) is 1.92. The van der Waals surface area contributed by atoms with Crippen molar-refractivity contribution in [3.63, 3.8) is 0 Å². The van der Waals surface area contributed by atoms with Crippen LogP contribution in [0.15, 0.2) is 0 Å². The predicted molar refractivity (Wildman–Crippen MR) is 69.2 cm³/mol. The maximum absolute atomic E-state index is 11.5. The van der Waals surface area contributed by atoms with E-state index in [9.17, 15) is 4.79 Å². The van der Waals surface area contributed by atoms with Gasteiger partial charge in [0.25, 0.3) is 0 Å². The minimum Gasteiger partial charge on any atom is -0.355 e. The Hall–Kier alpha value is -0.570. The van der Waals surface area contributed by atoms with Crippen LogP contribution >= 0.6 is 0 Å². The van der Waals surface area contributed by atoms with Crippen molar-refractivity contribution >= 4 is 5.91 Å². The van der Waals surface area contributed by atoms with E-state index in [1.54, 1.807) is 0 Å². The van der Waals surface area contributed by atoms with Crippen LogP contribution in [-0.2, 0) is 4.79 Å². The van der Waals surface area contributed by atoms with E-state index in [2.05, 4.69) is 26.1 Å². The van der Waals surface area contributed by atoms with Crippen molar-refractivity contribution in [1.29, 1.82) is 0 Å². The molecule has 3 nitrogen and oxygen atoms in total. The average molecular weight is 228 g/mol. The van der Waals surface area contributed by atoms with Gasteiger partial charge < -0.3 is 11.1 Å².